The van der Waals surface area contributed by atoms with Crippen molar-refractivity contribution in [3.05, 3.63) is 63.6 Å². The number of rotatable bonds is 11. The quantitative estimate of drug-likeness (QED) is 0.196. The maximum Gasteiger partial charge on any atom is 0.321 e. The smallest absolute Gasteiger partial charge is 0.321 e. The van der Waals surface area contributed by atoms with Gasteiger partial charge < -0.3 is 14.4 Å². The van der Waals surface area contributed by atoms with Gasteiger partial charge in [0.15, 0.2) is 0 Å². The highest BCUT2D eigenvalue weighted by Crippen LogP contribution is 2.41. The largest absolute Gasteiger partial charge is 0.466 e. The van der Waals surface area contributed by atoms with Crippen molar-refractivity contribution in [1.29, 1.82) is 0 Å². The highest BCUT2D eigenvalue weighted by molar-refractivity contribution is 9.10. The Kier molecular flexibility index (Phi) is 10.8. The molecule has 0 saturated heterocycles. The van der Waals surface area contributed by atoms with Crippen LogP contribution >= 0.6 is 15.9 Å². The Morgan fingerprint density at radius 1 is 0.974 bits per heavy atom. The van der Waals surface area contributed by atoms with Crippen LogP contribution in [0.25, 0.3) is 6.08 Å². The third-order valence-corrected chi connectivity index (χ3v) is 7.35. The summed E-state index contributed by atoms with van der Waals surface area (Å²) < 4.78 is 12.5. The van der Waals surface area contributed by atoms with E-state index in [4.69, 9.17) is 9.47 Å². The third-order valence-electron chi connectivity index (χ3n) is 6.72. The lowest BCUT2D eigenvalue weighted by atomic mass is 9.73. The predicted molar refractivity (Wildman–Crippen MR) is 161 cm³/mol. The van der Waals surface area contributed by atoms with Crippen molar-refractivity contribution in [1.82, 2.24) is 0 Å². The van der Waals surface area contributed by atoms with Crippen molar-refractivity contribution in [3.63, 3.8) is 0 Å². The first-order valence-corrected chi connectivity index (χ1v) is 14.1. The molecule has 0 aliphatic rings. The summed E-state index contributed by atoms with van der Waals surface area (Å²) in [5.41, 5.74) is 1.97. The summed E-state index contributed by atoms with van der Waals surface area (Å²) in [6.45, 7) is 15.9. The van der Waals surface area contributed by atoms with E-state index in [1.54, 1.807) is 6.92 Å². The van der Waals surface area contributed by atoms with Crippen molar-refractivity contribution in [3.8, 4) is 5.75 Å². The Labute approximate surface area is 237 Å². The van der Waals surface area contributed by atoms with E-state index in [1.807, 2.05) is 88.3 Å². The van der Waals surface area contributed by atoms with Crippen LogP contribution in [0.2, 0.25) is 0 Å². The second-order valence-electron chi connectivity index (χ2n) is 11.6. The maximum atomic E-state index is 14.0. The number of para-hydroxylation sites is 1. The molecule has 0 amide bonds. The highest BCUT2D eigenvalue weighted by atomic mass is 79.9. The van der Waals surface area contributed by atoms with Gasteiger partial charge in [0.1, 0.15) is 5.75 Å². The van der Waals surface area contributed by atoms with Gasteiger partial charge in [-0.05, 0) is 90.7 Å². The van der Waals surface area contributed by atoms with Gasteiger partial charge >= 0.3 is 11.9 Å². The van der Waals surface area contributed by atoms with Crippen molar-refractivity contribution < 1.29 is 19.1 Å². The molecule has 1 unspecified atom stereocenters. The van der Waals surface area contributed by atoms with E-state index in [-0.39, 0.29) is 30.8 Å². The molecule has 0 aliphatic heterocycles. The summed E-state index contributed by atoms with van der Waals surface area (Å²) in [6, 6.07) is 12.1. The Morgan fingerprint density at radius 2 is 1.55 bits per heavy atom. The molecule has 0 aromatic heterocycles. The van der Waals surface area contributed by atoms with Crippen LogP contribution in [0, 0.1) is 10.8 Å². The molecular weight excluding hydrogens is 542 g/mol. The van der Waals surface area contributed by atoms with Crippen molar-refractivity contribution in [2.45, 2.75) is 73.6 Å². The molecule has 38 heavy (non-hydrogen) atoms. The van der Waals surface area contributed by atoms with Gasteiger partial charge in [-0.25, -0.2) is 0 Å². The summed E-state index contributed by atoms with van der Waals surface area (Å²) in [5, 5.41) is 0. The first kappa shape index (κ1) is 31.6. The minimum absolute atomic E-state index is 0.182. The lowest BCUT2D eigenvalue weighted by molar-refractivity contribution is -0.157. The summed E-state index contributed by atoms with van der Waals surface area (Å²) in [6.07, 6.45) is 4.01. The number of carbonyl (C=O) groups is 2. The van der Waals surface area contributed by atoms with Gasteiger partial charge in [0.25, 0.3) is 0 Å². The van der Waals surface area contributed by atoms with E-state index < -0.39 is 16.8 Å². The fourth-order valence-corrected chi connectivity index (χ4v) is 5.35. The van der Waals surface area contributed by atoms with Gasteiger partial charge in [-0.3, -0.25) is 9.59 Å². The van der Waals surface area contributed by atoms with Crippen molar-refractivity contribution >= 4 is 39.6 Å². The van der Waals surface area contributed by atoms with Gasteiger partial charge in [-0.15, -0.1) is 0 Å². The molecule has 6 heteroatoms. The Bertz CT molecular complexity index is 1140. The van der Waals surface area contributed by atoms with E-state index in [0.717, 1.165) is 26.9 Å². The number of halogens is 1. The van der Waals surface area contributed by atoms with Crippen LogP contribution in [0.1, 0.15) is 90.3 Å². The van der Waals surface area contributed by atoms with Crippen molar-refractivity contribution in [2.75, 3.05) is 25.6 Å². The van der Waals surface area contributed by atoms with Gasteiger partial charge in [-0.1, -0.05) is 64.1 Å². The zero-order chi connectivity index (χ0) is 28.8. The van der Waals surface area contributed by atoms with E-state index >= 15 is 0 Å². The monoisotopic (exact) mass is 585 g/mol. The normalized spacial score (nSPS) is 13.6. The van der Waals surface area contributed by atoms with Crippen LogP contribution in [-0.2, 0) is 14.3 Å². The first-order chi connectivity index (χ1) is 17.6. The third kappa shape index (κ3) is 7.72. The maximum absolute atomic E-state index is 14.0. The number of esters is 2. The van der Waals surface area contributed by atoms with Gasteiger partial charge in [-0.2, -0.15) is 0 Å². The van der Waals surface area contributed by atoms with Crippen LogP contribution < -0.4 is 9.64 Å². The number of carbonyl (C=O) groups excluding carboxylic acids is 2. The molecule has 2 aromatic carbocycles. The minimum Gasteiger partial charge on any atom is -0.466 e. The molecule has 0 fully saturated rings. The van der Waals surface area contributed by atoms with Gasteiger partial charge in [0.2, 0.25) is 0 Å². The molecule has 5 nitrogen and oxygen atoms in total. The molecule has 2 rings (SSSR count). The van der Waals surface area contributed by atoms with Crippen LogP contribution in [0.5, 0.6) is 5.75 Å². The van der Waals surface area contributed by atoms with Gasteiger partial charge in [0, 0.05) is 18.6 Å². The standard InChI is InChI=1S/C32H44BrNO4/c1-11-37-29(35)31(6,7)20-32(8,18-17-23-15-16-27(34(9)10)26(33)19-23)30(36)38-28-24(21(2)3)13-12-14-25(28)22(4)5/h12-19,21-22H,11,20H2,1-10H3/b18-17+. The lowest BCUT2D eigenvalue weighted by Gasteiger charge is -2.33. The fraction of sp³-hybridized carbons (Fsp3) is 0.500. The molecule has 0 radical (unpaired) electrons. The number of hydrogen-bond donors (Lipinski definition) is 0. The Balaban J connectivity index is 2.57. The Hall–Kier alpha value is -2.60. The second kappa shape index (κ2) is 13.0. The van der Waals surface area contributed by atoms with E-state index in [1.165, 1.54) is 0 Å². The number of hydrogen-bond acceptors (Lipinski definition) is 5. The zero-order valence-corrected chi connectivity index (χ0v) is 26.2. The molecule has 2 aromatic rings. The molecule has 0 bridgehead atoms. The zero-order valence-electron chi connectivity index (χ0n) is 24.6. The van der Waals surface area contributed by atoms with E-state index in [2.05, 4.69) is 43.6 Å². The summed E-state index contributed by atoms with van der Waals surface area (Å²) in [5.74, 6) is 0.249. The molecule has 0 N–H and O–H groups in total. The Morgan fingerprint density at radius 3 is 2.03 bits per heavy atom. The summed E-state index contributed by atoms with van der Waals surface area (Å²) >= 11 is 3.64. The number of anilines is 1. The van der Waals surface area contributed by atoms with Gasteiger partial charge in [0.05, 0.1) is 23.1 Å². The second-order valence-corrected chi connectivity index (χ2v) is 12.5. The number of ether oxygens (including phenoxy) is 2. The SMILES string of the molecule is CCOC(=O)C(C)(C)CC(C)(/C=C/c1ccc(N(C)C)c(Br)c1)C(=O)Oc1c(C(C)C)cccc1C(C)C. The molecular formula is C32H44BrNO4. The van der Waals surface area contributed by atoms with E-state index in [9.17, 15) is 9.59 Å². The number of nitrogens with zero attached hydrogens (tertiary/aromatic N) is 1. The van der Waals surface area contributed by atoms with Crippen LogP contribution in [0.15, 0.2) is 46.9 Å². The number of benzene rings is 2. The predicted octanol–water partition coefficient (Wildman–Crippen LogP) is 8.37. The molecule has 208 valence electrons. The molecule has 0 spiro atoms. The van der Waals surface area contributed by atoms with Crippen molar-refractivity contribution in [2.24, 2.45) is 10.8 Å². The topological polar surface area (TPSA) is 55.8 Å². The summed E-state index contributed by atoms with van der Waals surface area (Å²) in [4.78, 5) is 28.9. The lowest BCUT2D eigenvalue weighted by Crippen LogP contribution is -2.39. The molecule has 0 saturated carbocycles. The molecule has 0 heterocycles. The molecule has 0 aliphatic carbocycles. The van der Waals surface area contributed by atoms with Crippen LogP contribution in [0.4, 0.5) is 5.69 Å². The fourth-order valence-electron chi connectivity index (χ4n) is 4.60. The molecule has 1 atom stereocenters. The first-order valence-electron chi connectivity index (χ1n) is 13.3. The van der Waals surface area contributed by atoms with Crippen LogP contribution in [-0.4, -0.2) is 32.6 Å². The average molecular weight is 587 g/mol. The minimum atomic E-state index is -1.10. The van der Waals surface area contributed by atoms with E-state index in [0.29, 0.717) is 5.75 Å². The highest BCUT2D eigenvalue weighted by Gasteiger charge is 2.43. The summed E-state index contributed by atoms with van der Waals surface area (Å²) in [7, 11) is 3.97. The average Bonchev–Trinajstić information content (AvgIpc) is 2.82. The van der Waals surface area contributed by atoms with Crippen LogP contribution in [0.3, 0.4) is 0 Å².